The van der Waals surface area contributed by atoms with Gasteiger partial charge < -0.3 is 14.2 Å². The van der Waals surface area contributed by atoms with Crippen molar-refractivity contribution in [3.8, 4) is 11.3 Å². The summed E-state index contributed by atoms with van der Waals surface area (Å²) in [6.45, 7) is 2.43. The van der Waals surface area contributed by atoms with E-state index in [0.29, 0.717) is 37.3 Å². The van der Waals surface area contributed by atoms with E-state index in [0.717, 1.165) is 17.1 Å². The van der Waals surface area contributed by atoms with E-state index in [4.69, 9.17) is 4.42 Å². The highest BCUT2D eigenvalue weighted by molar-refractivity contribution is 5.80. The lowest BCUT2D eigenvalue weighted by atomic mass is 10.1. The SMILES string of the molecule is O=C(Cn1c(=O)oc2ccccc21)N1CCN(c2cc(-c3ccccc3)ncn2)CC1. The number of piperazine rings is 1. The number of hydrogen-bond acceptors (Lipinski definition) is 6. The van der Waals surface area contributed by atoms with E-state index in [1.807, 2.05) is 42.5 Å². The summed E-state index contributed by atoms with van der Waals surface area (Å²) in [6, 6.07) is 19.1. The number of rotatable bonds is 4. The third-order valence-electron chi connectivity index (χ3n) is 5.55. The number of aromatic nitrogens is 3. The number of anilines is 1. The largest absolute Gasteiger partial charge is 0.420 e. The van der Waals surface area contributed by atoms with Gasteiger partial charge in [-0.15, -0.1) is 0 Å². The summed E-state index contributed by atoms with van der Waals surface area (Å²) in [6.07, 6.45) is 1.58. The number of carbonyl (C=O) groups excluding carboxylic acids is 1. The van der Waals surface area contributed by atoms with Crippen LogP contribution in [0.5, 0.6) is 0 Å². The second-order valence-corrected chi connectivity index (χ2v) is 7.42. The van der Waals surface area contributed by atoms with E-state index < -0.39 is 5.76 Å². The van der Waals surface area contributed by atoms with Crippen LogP contribution in [0.15, 0.2) is 76.2 Å². The average molecular weight is 415 g/mol. The molecule has 8 heteroatoms. The smallest absolute Gasteiger partial charge is 0.408 e. The normalized spacial score (nSPS) is 14.2. The highest BCUT2D eigenvalue weighted by Crippen LogP contribution is 2.21. The molecule has 0 unspecified atom stereocenters. The number of oxazole rings is 1. The van der Waals surface area contributed by atoms with Crippen molar-refractivity contribution in [1.82, 2.24) is 19.4 Å². The third-order valence-corrected chi connectivity index (χ3v) is 5.55. The molecule has 8 nitrogen and oxygen atoms in total. The van der Waals surface area contributed by atoms with E-state index in [2.05, 4.69) is 14.9 Å². The Balaban J connectivity index is 1.26. The third kappa shape index (κ3) is 3.79. The molecule has 1 amide bonds. The summed E-state index contributed by atoms with van der Waals surface area (Å²) in [5, 5.41) is 0. The fraction of sp³-hybridized carbons (Fsp3) is 0.217. The summed E-state index contributed by atoms with van der Waals surface area (Å²) in [5.41, 5.74) is 3.03. The first-order valence-corrected chi connectivity index (χ1v) is 10.2. The van der Waals surface area contributed by atoms with Gasteiger partial charge in [-0.3, -0.25) is 9.36 Å². The molecule has 5 rings (SSSR count). The van der Waals surface area contributed by atoms with Crippen LogP contribution in [0.1, 0.15) is 0 Å². The van der Waals surface area contributed by atoms with Crippen molar-refractivity contribution < 1.29 is 9.21 Å². The Labute approximate surface area is 178 Å². The van der Waals surface area contributed by atoms with E-state index in [9.17, 15) is 9.59 Å². The van der Waals surface area contributed by atoms with Crippen molar-refractivity contribution in [2.24, 2.45) is 0 Å². The molecule has 2 aromatic heterocycles. The molecule has 0 atom stereocenters. The molecule has 0 N–H and O–H groups in total. The molecule has 1 aliphatic heterocycles. The lowest BCUT2D eigenvalue weighted by Crippen LogP contribution is -2.50. The van der Waals surface area contributed by atoms with Crippen LogP contribution in [0.4, 0.5) is 5.82 Å². The molecule has 2 aromatic carbocycles. The van der Waals surface area contributed by atoms with E-state index in [1.54, 1.807) is 29.4 Å². The van der Waals surface area contributed by atoms with Gasteiger partial charge in [-0.05, 0) is 12.1 Å². The number of hydrogen-bond donors (Lipinski definition) is 0. The van der Waals surface area contributed by atoms with Crippen LogP contribution in [-0.2, 0) is 11.3 Å². The molecule has 0 bridgehead atoms. The molecule has 0 radical (unpaired) electrons. The van der Waals surface area contributed by atoms with Gasteiger partial charge in [-0.2, -0.15) is 0 Å². The van der Waals surface area contributed by atoms with Gasteiger partial charge in [-0.1, -0.05) is 42.5 Å². The van der Waals surface area contributed by atoms with Crippen LogP contribution in [0.3, 0.4) is 0 Å². The molecule has 1 fully saturated rings. The number of benzene rings is 2. The van der Waals surface area contributed by atoms with Gasteiger partial charge in [0.05, 0.1) is 11.2 Å². The maximum atomic E-state index is 12.8. The number of carbonyl (C=O) groups is 1. The van der Waals surface area contributed by atoms with Gasteiger partial charge in [0.2, 0.25) is 5.91 Å². The summed E-state index contributed by atoms with van der Waals surface area (Å²) >= 11 is 0. The monoisotopic (exact) mass is 415 g/mol. The molecule has 0 spiro atoms. The first kappa shape index (κ1) is 19.0. The highest BCUT2D eigenvalue weighted by atomic mass is 16.4. The maximum absolute atomic E-state index is 12.8. The lowest BCUT2D eigenvalue weighted by molar-refractivity contribution is -0.132. The zero-order chi connectivity index (χ0) is 21.2. The van der Waals surface area contributed by atoms with Gasteiger partial charge in [-0.25, -0.2) is 14.8 Å². The van der Waals surface area contributed by atoms with Gasteiger partial charge in [0.15, 0.2) is 5.58 Å². The van der Waals surface area contributed by atoms with Crippen LogP contribution < -0.4 is 10.7 Å². The second kappa shape index (κ2) is 8.06. The summed E-state index contributed by atoms with van der Waals surface area (Å²) < 4.78 is 6.61. The zero-order valence-electron chi connectivity index (χ0n) is 16.8. The van der Waals surface area contributed by atoms with Crippen molar-refractivity contribution in [2.75, 3.05) is 31.1 Å². The minimum Gasteiger partial charge on any atom is -0.408 e. The Kier molecular flexibility index (Phi) is 4.95. The Morgan fingerprint density at radius 1 is 0.935 bits per heavy atom. The summed E-state index contributed by atoms with van der Waals surface area (Å²) in [4.78, 5) is 37.7. The molecule has 3 heterocycles. The van der Waals surface area contributed by atoms with E-state index in [-0.39, 0.29) is 12.5 Å². The van der Waals surface area contributed by atoms with Crippen LogP contribution in [0.25, 0.3) is 22.4 Å². The lowest BCUT2D eigenvalue weighted by Gasteiger charge is -2.35. The predicted molar refractivity (Wildman–Crippen MR) is 117 cm³/mol. The molecule has 0 aliphatic carbocycles. The van der Waals surface area contributed by atoms with Crippen LogP contribution in [0, 0.1) is 0 Å². The quantitative estimate of drug-likeness (QED) is 0.509. The topological polar surface area (TPSA) is 84.5 Å². The molecular formula is C23H21N5O3. The van der Waals surface area contributed by atoms with Crippen molar-refractivity contribution >= 4 is 22.8 Å². The van der Waals surface area contributed by atoms with Crippen molar-refractivity contribution in [3.63, 3.8) is 0 Å². The van der Waals surface area contributed by atoms with Gasteiger partial charge in [0, 0.05) is 37.8 Å². The fourth-order valence-electron chi connectivity index (χ4n) is 3.87. The second-order valence-electron chi connectivity index (χ2n) is 7.42. The van der Waals surface area contributed by atoms with Crippen molar-refractivity contribution in [3.05, 3.63) is 77.5 Å². The molecule has 156 valence electrons. The number of para-hydroxylation sites is 2. The van der Waals surface area contributed by atoms with Crippen molar-refractivity contribution in [1.29, 1.82) is 0 Å². The highest BCUT2D eigenvalue weighted by Gasteiger charge is 2.23. The Morgan fingerprint density at radius 3 is 2.48 bits per heavy atom. The zero-order valence-corrected chi connectivity index (χ0v) is 16.8. The molecule has 4 aromatic rings. The minimum atomic E-state index is -0.511. The fourth-order valence-corrected chi connectivity index (χ4v) is 3.87. The van der Waals surface area contributed by atoms with Crippen LogP contribution in [0.2, 0.25) is 0 Å². The predicted octanol–water partition coefficient (Wildman–Crippen LogP) is 2.40. The van der Waals surface area contributed by atoms with E-state index >= 15 is 0 Å². The molecular weight excluding hydrogens is 394 g/mol. The Hall–Kier alpha value is -3.94. The van der Waals surface area contributed by atoms with Gasteiger partial charge in [0.1, 0.15) is 18.7 Å². The number of fused-ring (bicyclic) bond motifs is 1. The Morgan fingerprint density at radius 2 is 1.68 bits per heavy atom. The van der Waals surface area contributed by atoms with Crippen LogP contribution in [-0.4, -0.2) is 51.5 Å². The van der Waals surface area contributed by atoms with E-state index in [1.165, 1.54) is 4.57 Å². The first-order valence-electron chi connectivity index (χ1n) is 10.2. The minimum absolute atomic E-state index is 0.0263. The summed E-state index contributed by atoms with van der Waals surface area (Å²) in [7, 11) is 0. The van der Waals surface area contributed by atoms with Crippen molar-refractivity contribution in [2.45, 2.75) is 6.54 Å². The van der Waals surface area contributed by atoms with Crippen LogP contribution >= 0.6 is 0 Å². The molecule has 1 saturated heterocycles. The standard InChI is InChI=1S/C23H21N5O3/c29-22(15-28-19-8-4-5-9-20(19)31-23(28)30)27-12-10-26(11-13-27)21-14-18(24-16-25-21)17-6-2-1-3-7-17/h1-9,14,16H,10-13,15H2. The Bertz CT molecular complexity index is 1270. The molecule has 31 heavy (non-hydrogen) atoms. The summed E-state index contributed by atoms with van der Waals surface area (Å²) in [5.74, 6) is 0.238. The number of nitrogens with zero attached hydrogens (tertiary/aromatic N) is 5. The molecule has 0 saturated carbocycles. The molecule has 1 aliphatic rings. The van der Waals surface area contributed by atoms with Gasteiger partial charge >= 0.3 is 5.76 Å². The first-order chi connectivity index (χ1) is 15.2. The van der Waals surface area contributed by atoms with Gasteiger partial charge in [0.25, 0.3) is 0 Å². The average Bonchev–Trinajstić information content (AvgIpc) is 3.15. The maximum Gasteiger partial charge on any atom is 0.420 e. The number of amides is 1.